The molecule has 6 rings (SSSR count). The smallest absolute Gasteiger partial charge is 0.193 e. The Kier molecular flexibility index (Phi) is 6.37. The molecule has 184 valence electrons. The molecule has 0 saturated carbocycles. The van der Waals surface area contributed by atoms with Gasteiger partial charge in [-0.25, -0.2) is 0 Å². The number of benzene rings is 2. The number of fused-ring (bicyclic) bond motifs is 2. The summed E-state index contributed by atoms with van der Waals surface area (Å²) in [5.41, 5.74) is 4.70. The Morgan fingerprint density at radius 1 is 1.08 bits per heavy atom. The Morgan fingerprint density at radius 3 is 2.75 bits per heavy atom. The number of halogens is 1. The fraction of sp³-hybridized carbons (Fsp3) is 0.310. The number of rotatable bonds is 6. The summed E-state index contributed by atoms with van der Waals surface area (Å²) in [4.78, 5) is 20.4. The summed E-state index contributed by atoms with van der Waals surface area (Å²) in [5, 5.41) is 12.0. The first-order valence-corrected chi connectivity index (χ1v) is 13.3. The van der Waals surface area contributed by atoms with Gasteiger partial charge in [0, 0.05) is 52.7 Å². The van der Waals surface area contributed by atoms with Crippen molar-refractivity contribution in [3.8, 4) is 11.4 Å². The fourth-order valence-electron chi connectivity index (χ4n) is 5.46. The molecule has 1 unspecified atom stereocenters. The lowest BCUT2D eigenvalue weighted by atomic mass is 9.92. The molecule has 0 radical (unpaired) electrons. The van der Waals surface area contributed by atoms with Crippen LogP contribution in [-0.4, -0.2) is 45.8 Å². The van der Waals surface area contributed by atoms with Crippen LogP contribution in [0.4, 0.5) is 0 Å². The summed E-state index contributed by atoms with van der Waals surface area (Å²) >= 11 is 3.54. The topological polar surface area (TPSA) is 67.6 Å². The van der Waals surface area contributed by atoms with E-state index in [-0.39, 0.29) is 5.43 Å². The minimum atomic E-state index is -0.853. The van der Waals surface area contributed by atoms with E-state index < -0.39 is 6.10 Å². The van der Waals surface area contributed by atoms with Crippen molar-refractivity contribution in [1.82, 2.24) is 14.5 Å². The minimum Gasteiger partial charge on any atom is -0.492 e. The fourth-order valence-corrected chi connectivity index (χ4v) is 5.84. The van der Waals surface area contributed by atoms with Crippen LogP contribution in [0.5, 0.6) is 5.75 Å². The molecule has 1 fully saturated rings. The third-order valence-electron chi connectivity index (χ3n) is 7.26. The second kappa shape index (κ2) is 9.81. The van der Waals surface area contributed by atoms with Crippen molar-refractivity contribution in [3.05, 3.63) is 98.0 Å². The number of nitrogens with zero attached hydrogens (tertiary/aromatic N) is 3. The quantitative estimate of drug-likeness (QED) is 0.369. The lowest BCUT2D eigenvalue weighted by Gasteiger charge is -2.29. The number of aliphatic hydroxyl groups excluding tert-OH is 1. The molecule has 0 spiro atoms. The molecule has 6 nitrogen and oxygen atoms in total. The second-order valence-electron chi connectivity index (χ2n) is 9.66. The first-order chi connectivity index (χ1) is 17.6. The van der Waals surface area contributed by atoms with Crippen LogP contribution >= 0.6 is 15.9 Å². The molecule has 7 heteroatoms. The summed E-state index contributed by atoms with van der Waals surface area (Å²) in [6, 6.07) is 13.5. The van der Waals surface area contributed by atoms with Gasteiger partial charge in [0.1, 0.15) is 18.5 Å². The summed E-state index contributed by atoms with van der Waals surface area (Å²) in [6.07, 6.45) is 8.84. The zero-order valence-electron chi connectivity index (χ0n) is 20.0. The van der Waals surface area contributed by atoms with Gasteiger partial charge in [0.25, 0.3) is 0 Å². The Balaban J connectivity index is 1.45. The van der Waals surface area contributed by atoms with Crippen molar-refractivity contribution in [2.45, 2.75) is 31.8 Å². The minimum absolute atomic E-state index is 0.0411. The third-order valence-corrected chi connectivity index (χ3v) is 7.75. The number of hydrogen-bond acceptors (Lipinski definition) is 5. The van der Waals surface area contributed by atoms with Crippen molar-refractivity contribution < 1.29 is 9.84 Å². The first-order valence-electron chi connectivity index (χ1n) is 12.5. The van der Waals surface area contributed by atoms with Crippen LogP contribution in [0.2, 0.25) is 0 Å². The lowest BCUT2D eigenvalue weighted by molar-refractivity contribution is 0.182. The maximum atomic E-state index is 13.7. The predicted octanol–water partition coefficient (Wildman–Crippen LogP) is 5.00. The number of piperidine rings is 1. The zero-order chi connectivity index (χ0) is 24.6. The van der Waals surface area contributed by atoms with Crippen molar-refractivity contribution in [1.29, 1.82) is 0 Å². The summed E-state index contributed by atoms with van der Waals surface area (Å²) < 4.78 is 9.12. The normalized spacial score (nSPS) is 17.2. The van der Waals surface area contributed by atoms with Crippen molar-refractivity contribution in [2.24, 2.45) is 0 Å². The summed E-state index contributed by atoms with van der Waals surface area (Å²) in [5.74, 6) is 0.620. The predicted molar refractivity (Wildman–Crippen MR) is 144 cm³/mol. The number of hydrogen-bond donors (Lipinski definition) is 1. The maximum absolute atomic E-state index is 13.7. The number of likely N-dealkylation sites (tertiary alicyclic amines) is 1. The van der Waals surface area contributed by atoms with Gasteiger partial charge in [0.2, 0.25) is 0 Å². The molecule has 4 aromatic rings. The highest BCUT2D eigenvalue weighted by Gasteiger charge is 2.28. The van der Waals surface area contributed by atoms with E-state index in [1.807, 2.05) is 53.2 Å². The molecule has 0 bridgehead atoms. The van der Waals surface area contributed by atoms with Gasteiger partial charge in [0.15, 0.2) is 5.43 Å². The van der Waals surface area contributed by atoms with Crippen LogP contribution in [0, 0.1) is 0 Å². The average molecular weight is 546 g/mol. The largest absolute Gasteiger partial charge is 0.492 e. The number of aliphatic hydroxyl groups is 1. The second-order valence-corrected chi connectivity index (χ2v) is 10.6. The van der Waals surface area contributed by atoms with Crippen LogP contribution in [0.15, 0.2) is 70.3 Å². The number of aromatic nitrogens is 2. The van der Waals surface area contributed by atoms with E-state index in [1.54, 1.807) is 12.4 Å². The van der Waals surface area contributed by atoms with Gasteiger partial charge in [-0.15, -0.1) is 0 Å². The monoisotopic (exact) mass is 545 g/mol. The first kappa shape index (κ1) is 23.4. The zero-order valence-corrected chi connectivity index (χ0v) is 21.6. The van der Waals surface area contributed by atoms with E-state index in [0.717, 1.165) is 46.4 Å². The molecule has 1 saturated heterocycles. The highest BCUT2D eigenvalue weighted by molar-refractivity contribution is 9.10. The van der Waals surface area contributed by atoms with Gasteiger partial charge in [-0.05, 0) is 67.9 Å². The van der Waals surface area contributed by atoms with Gasteiger partial charge >= 0.3 is 0 Å². The standard InChI is InChI=1S/C29H28BrN3O3/c30-21-6-7-26-23(14-21)29(35)25-16-22(36-12-11-32-9-2-1-3-10-32)15-24-27(25)33(26)18-20(28(24)34)13-19-5-4-8-31-17-19/h4-8,14-18,29,35H,1-3,9-13H2. The molecule has 1 N–H and O–H groups in total. The molecule has 2 aromatic carbocycles. The number of pyridine rings is 2. The van der Waals surface area contributed by atoms with Crippen LogP contribution in [-0.2, 0) is 6.42 Å². The molecule has 1 atom stereocenters. The molecule has 2 aliphatic rings. The van der Waals surface area contributed by atoms with Crippen LogP contribution in [0.25, 0.3) is 16.6 Å². The molecule has 0 aliphatic carbocycles. The molecule has 36 heavy (non-hydrogen) atoms. The van der Waals surface area contributed by atoms with E-state index >= 15 is 0 Å². The van der Waals surface area contributed by atoms with E-state index in [2.05, 4.69) is 25.8 Å². The molecule has 2 aliphatic heterocycles. The van der Waals surface area contributed by atoms with Gasteiger partial charge in [-0.2, -0.15) is 0 Å². The van der Waals surface area contributed by atoms with Crippen LogP contribution in [0.3, 0.4) is 0 Å². The summed E-state index contributed by atoms with van der Waals surface area (Å²) in [7, 11) is 0. The SMILES string of the molecule is O=c1c(Cc2cccnc2)cn2c3c(cc(OCCN4CCCCC4)cc13)C(O)c1cc(Br)ccc1-2. The molecule has 4 heterocycles. The van der Waals surface area contributed by atoms with Gasteiger partial charge in [0.05, 0.1) is 16.6 Å². The average Bonchev–Trinajstić information content (AvgIpc) is 2.90. The highest BCUT2D eigenvalue weighted by atomic mass is 79.9. The van der Waals surface area contributed by atoms with Crippen LogP contribution in [0.1, 0.15) is 47.6 Å². The van der Waals surface area contributed by atoms with E-state index in [1.165, 1.54) is 19.3 Å². The molecular weight excluding hydrogens is 518 g/mol. The Bertz CT molecular complexity index is 1480. The molecule has 0 amide bonds. The highest BCUT2D eigenvalue weighted by Crippen LogP contribution is 2.41. The van der Waals surface area contributed by atoms with E-state index in [0.29, 0.717) is 35.3 Å². The van der Waals surface area contributed by atoms with Crippen molar-refractivity contribution in [3.63, 3.8) is 0 Å². The van der Waals surface area contributed by atoms with E-state index in [4.69, 9.17) is 4.74 Å². The third kappa shape index (κ3) is 4.36. The Hall–Kier alpha value is -3.00. The number of ether oxygens (including phenoxy) is 1. The van der Waals surface area contributed by atoms with Crippen molar-refractivity contribution >= 4 is 26.8 Å². The van der Waals surface area contributed by atoms with Gasteiger partial charge in [-0.1, -0.05) is 28.4 Å². The lowest BCUT2D eigenvalue weighted by Crippen LogP contribution is -2.33. The molecular formula is C29H28BrN3O3. The maximum Gasteiger partial charge on any atom is 0.193 e. The van der Waals surface area contributed by atoms with Gasteiger partial charge < -0.3 is 14.4 Å². The van der Waals surface area contributed by atoms with Gasteiger partial charge in [-0.3, -0.25) is 14.7 Å². The van der Waals surface area contributed by atoms with Crippen LogP contribution < -0.4 is 10.2 Å². The summed E-state index contributed by atoms with van der Waals surface area (Å²) in [6.45, 7) is 3.63. The molecule has 2 aromatic heterocycles. The van der Waals surface area contributed by atoms with E-state index in [9.17, 15) is 9.90 Å². The Labute approximate surface area is 218 Å². The van der Waals surface area contributed by atoms with Crippen molar-refractivity contribution in [2.75, 3.05) is 26.2 Å². The Morgan fingerprint density at radius 2 is 1.94 bits per heavy atom.